The molecule has 0 radical (unpaired) electrons. The van der Waals surface area contributed by atoms with E-state index in [1.807, 2.05) is 0 Å². The highest BCUT2D eigenvalue weighted by molar-refractivity contribution is 7.91. The number of hydrogen-bond donors (Lipinski definition) is 3. The topological polar surface area (TPSA) is 183 Å². The molecule has 3 amide bonds. The van der Waals surface area contributed by atoms with Gasteiger partial charge in [0, 0.05) is 28.8 Å². The van der Waals surface area contributed by atoms with Gasteiger partial charge in [0.1, 0.15) is 17.4 Å². The van der Waals surface area contributed by atoms with Gasteiger partial charge in [0.2, 0.25) is 11.8 Å². The highest BCUT2D eigenvalue weighted by Crippen LogP contribution is 2.37. The average Bonchev–Trinajstić information content (AvgIpc) is 3.04. The first-order valence-electron chi connectivity index (χ1n) is 13.7. The SMILES string of the molecule is CNC(C)C(=O)N[C@@H]1C(=O)N(Cc2cc(=O)oc3cc(Cl)ccc23)c2ccccc2N(C(=O)CS(C)(=O)=O)[C@H]1C.O=C(O)C(F)(F)F. The maximum absolute atomic E-state index is 14.2. The number of likely N-dealkylation sites (N-methyl/N-ethyl adjacent to an activating group) is 1. The first-order chi connectivity index (χ1) is 21.7. The van der Waals surface area contributed by atoms with Gasteiger partial charge < -0.3 is 30.0 Å². The first-order valence-corrected chi connectivity index (χ1v) is 16.1. The van der Waals surface area contributed by atoms with Crippen molar-refractivity contribution in [3.8, 4) is 0 Å². The number of carbonyl (C=O) groups is 4. The van der Waals surface area contributed by atoms with Crippen molar-refractivity contribution < 1.29 is 50.3 Å². The Hall–Kier alpha value is -4.48. The van der Waals surface area contributed by atoms with Crippen LogP contribution in [0.3, 0.4) is 0 Å². The molecule has 1 aromatic heterocycles. The van der Waals surface area contributed by atoms with Gasteiger partial charge in [-0.1, -0.05) is 23.7 Å². The molecule has 1 aliphatic rings. The van der Waals surface area contributed by atoms with Crippen LogP contribution in [0.4, 0.5) is 24.5 Å². The van der Waals surface area contributed by atoms with Gasteiger partial charge >= 0.3 is 17.8 Å². The van der Waals surface area contributed by atoms with Crippen molar-refractivity contribution in [2.45, 2.75) is 44.7 Å². The number of halogens is 4. The van der Waals surface area contributed by atoms with Crippen molar-refractivity contribution in [1.29, 1.82) is 0 Å². The van der Waals surface area contributed by atoms with Crippen LogP contribution in [0.25, 0.3) is 11.0 Å². The number of anilines is 2. The second-order valence-corrected chi connectivity index (χ2v) is 13.1. The van der Waals surface area contributed by atoms with Crippen LogP contribution in [0.2, 0.25) is 5.02 Å². The molecule has 0 bridgehead atoms. The van der Waals surface area contributed by atoms with E-state index in [4.69, 9.17) is 25.9 Å². The van der Waals surface area contributed by atoms with Crippen molar-refractivity contribution in [2.75, 3.05) is 28.9 Å². The van der Waals surface area contributed by atoms with Gasteiger partial charge in [0.25, 0.3) is 5.91 Å². The molecule has 2 aromatic carbocycles. The van der Waals surface area contributed by atoms with Crippen LogP contribution < -0.4 is 26.1 Å². The van der Waals surface area contributed by atoms with E-state index in [-0.39, 0.29) is 17.8 Å². The lowest BCUT2D eigenvalue weighted by molar-refractivity contribution is -0.192. The molecular weight excluding hydrogens is 673 g/mol. The zero-order valence-electron chi connectivity index (χ0n) is 25.3. The number of rotatable bonds is 7. The van der Waals surface area contributed by atoms with E-state index in [2.05, 4.69) is 10.6 Å². The maximum Gasteiger partial charge on any atom is 0.490 e. The van der Waals surface area contributed by atoms with Crippen LogP contribution in [0.5, 0.6) is 0 Å². The summed E-state index contributed by atoms with van der Waals surface area (Å²) in [7, 11) is -2.13. The predicted octanol–water partition coefficient (Wildman–Crippen LogP) is 2.49. The molecule has 3 atom stereocenters. The van der Waals surface area contributed by atoms with Crippen molar-refractivity contribution >= 4 is 67.5 Å². The van der Waals surface area contributed by atoms with Crippen molar-refractivity contribution in [3.05, 3.63) is 69.5 Å². The molecule has 0 spiro atoms. The zero-order chi connectivity index (χ0) is 35.4. The summed E-state index contributed by atoms with van der Waals surface area (Å²) >= 11 is 6.09. The van der Waals surface area contributed by atoms with E-state index in [1.54, 1.807) is 57.3 Å². The number of amides is 3. The van der Waals surface area contributed by atoms with Gasteiger partial charge in [-0.25, -0.2) is 18.0 Å². The van der Waals surface area contributed by atoms with Gasteiger partial charge in [0.15, 0.2) is 9.84 Å². The third kappa shape index (κ3) is 9.08. The Kier molecular flexibility index (Phi) is 11.4. The van der Waals surface area contributed by atoms with E-state index in [1.165, 1.54) is 21.9 Å². The number of carboxylic acid groups (broad SMARTS) is 1. The van der Waals surface area contributed by atoms with Gasteiger partial charge in [-0.3, -0.25) is 14.4 Å². The lowest BCUT2D eigenvalue weighted by Gasteiger charge is -2.32. The molecule has 0 saturated heterocycles. The standard InChI is InChI=1S/C27H29ClN4O7S.C2HF3O2/c1-15(29-3)26(35)30-25-16(2)32(23(33)14-40(4,37)38)21-8-6-5-7-20(21)31(27(25)36)13-17-11-24(34)39-22-12-18(28)9-10-19(17)22;3-2(4,5)1(6)7/h5-12,15-16,25,29H,13-14H2,1-4H3,(H,30,35);(H,6,7)/t15?,16-,25-;/m0./s1. The van der Waals surface area contributed by atoms with Crippen LogP contribution in [-0.2, 0) is 35.6 Å². The summed E-state index contributed by atoms with van der Waals surface area (Å²) in [5, 5.41) is 13.6. The normalized spacial score (nSPS) is 17.2. The molecule has 1 aliphatic heterocycles. The molecule has 1 unspecified atom stereocenters. The van der Waals surface area contributed by atoms with Gasteiger partial charge in [-0.15, -0.1) is 0 Å². The highest BCUT2D eigenvalue weighted by atomic mass is 35.5. The van der Waals surface area contributed by atoms with Crippen molar-refractivity contribution in [1.82, 2.24) is 10.6 Å². The van der Waals surface area contributed by atoms with E-state index in [9.17, 15) is 40.8 Å². The number of nitrogens with zero attached hydrogens (tertiary/aromatic N) is 2. The number of para-hydroxylation sites is 2. The fourth-order valence-corrected chi connectivity index (χ4v) is 5.42. The van der Waals surface area contributed by atoms with Gasteiger partial charge in [-0.05, 0) is 50.7 Å². The Morgan fingerprint density at radius 1 is 1.09 bits per heavy atom. The summed E-state index contributed by atoms with van der Waals surface area (Å²) < 4.78 is 61.2. The molecule has 0 saturated carbocycles. The largest absolute Gasteiger partial charge is 0.490 e. The van der Waals surface area contributed by atoms with Crippen LogP contribution >= 0.6 is 11.6 Å². The first kappa shape index (κ1) is 37.0. The molecule has 3 N–H and O–H groups in total. The van der Waals surface area contributed by atoms with Crippen molar-refractivity contribution in [3.63, 3.8) is 0 Å². The number of carbonyl (C=O) groups excluding carboxylic acids is 3. The quantitative estimate of drug-likeness (QED) is 0.309. The fourth-order valence-electron chi connectivity index (χ4n) is 4.67. The number of benzene rings is 2. The molecule has 0 fully saturated rings. The minimum atomic E-state index is -5.08. The second-order valence-electron chi connectivity index (χ2n) is 10.5. The monoisotopic (exact) mass is 702 g/mol. The fraction of sp³-hybridized carbons (Fsp3) is 0.345. The number of carboxylic acids is 1. The smallest absolute Gasteiger partial charge is 0.475 e. The maximum atomic E-state index is 14.2. The molecule has 0 aliphatic carbocycles. The summed E-state index contributed by atoms with van der Waals surface area (Å²) in [6.45, 7) is 3.07. The number of nitrogens with one attached hydrogen (secondary N) is 2. The summed E-state index contributed by atoms with van der Waals surface area (Å²) in [5.41, 5.74) is 0.618. The number of aliphatic carboxylic acids is 1. The Morgan fingerprint density at radius 2 is 1.68 bits per heavy atom. The molecule has 18 heteroatoms. The third-order valence-corrected chi connectivity index (χ3v) is 8.00. The van der Waals surface area contributed by atoms with Crippen LogP contribution in [-0.4, -0.2) is 80.6 Å². The third-order valence-electron chi connectivity index (χ3n) is 7.00. The van der Waals surface area contributed by atoms with E-state index >= 15 is 0 Å². The molecule has 2 heterocycles. The number of sulfone groups is 1. The number of hydrogen-bond acceptors (Lipinski definition) is 9. The molecule has 47 heavy (non-hydrogen) atoms. The average molecular weight is 703 g/mol. The molecule has 254 valence electrons. The summed E-state index contributed by atoms with van der Waals surface area (Å²) in [4.78, 5) is 64.5. The molecule has 13 nitrogen and oxygen atoms in total. The van der Waals surface area contributed by atoms with E-state index < -0.39 is 69.2 Å². The Bertz CT molecular complexity index is 1870. The Balaban J connectivity index is 0.000000771. The van der Waals surface area contributed by atoms with E-state index in [0.717, 1.165) is 6.26 Å². The van der Waals surface area contributed by atoms with Crippen LogP contribution in [0, 0.1) is 0 Å². The summed E-state index contributed by atoms with van der Waals surface area (Å²) in [5.74, 6) is -5.35. The predicted molar refractivity (Wildman–Crippen MR) is 166 cm³/mol. The minimum absolute atomic E-state index is 0.117. The minimum Gasteiger partial charge on any atom is -0.475 e. The van der Waals surface area contributed by atoms with Crippen molar-refractivity contribution in [2.24, 2.45) is 0 Å². The molecular formula is C29H30ClF3N4O9S. The zero-order valence-corrected chi connectivity index (χ0v) is 26.9. The lowest BCUT2D eigenvalue weighted by atomic mass is 10.1. The summed E-state index contributed by atoms with van der Waals surface area (Å²) in [6, 6.07) is 9.73. The lowest BCUT2D eigenvalue weighted by Crippen LogP contribution is -2.60. The van der Waals surface area contributed by atoms with Gasteiger partial charge in [-0.2, -0.15) is 13.2 Å². The van der Waals surface area contributed by atoms with E-state index in [0.29, 0.717) is 21.7 Å². The van der Waals surface area contributed by atoms with Crippen LogP contribution in [0.15, 0.2) is 57.7 Å². The Morgan fingerprint density at radius 3 is 2.23 bits per heavy atom. The highest BCUT2D eigenvalue weighted by Gasteiger charge is 2.43. The van der Waals surface area contributed by atoms with Crippen LogP contribution in [0.1, 0.15) is 19.4 Å². The molecule has 4 rings (SSSR count). The second kappa shape index (κ2) is 14.5. The molecule has 3 aromatic rings. The van der Waals surface area contributed by atoms with Gasteiger partial charge in [0.05, 0.1) is 30.0 Å². The number of fused-ring (bicyclic) bond motifs is 2. The summed E-state index contributed by atoms with van der Waals surface area (Å²) in [6.07, 6.45) is -4.14. The number of alkyl halides is 3. The Labute approximate surface area is 271 Å².